The number of rotatable bonds is 4. The Balaban J connectivity index is 1.73. The molecule has 2 aliphatic rings. The predicted octanol–water partition coefficient (Wildman–Crippen LogP) is 1.91. The van der Waals surface area contributed by atoms with Crippen LogP contribution in [0.25, 0.3) is 0 Å². The number of amides is 1. The maximum atomic E-state index is 12.5. The summed E-state index contributed by atoms with van der Waals surface area (Å²) in [6.07, 6.45) is 6.29. The van der Waals surface area contributed by atoms with Gasteiger partial charge in [-0.3, -0.25) is 9.48 Å². The van der Waals surface area contributed by atoms with Crippen LogP contribution in [0.5, 0.6) is 0 Å². The van der Waals surface area contributed by atoms with Crippen LogP contribution in [0.2, 0.25) is 0 Å². The van der Waals surface area contributed by atoms with Crippen LogP contribution < -0.4 is 5.32 Å². The lowest BCUT2D eigenvalue weighted by atomic mass is 9.92. The molecule has 0 saturated carbocycles. The molecule has 1 amide bonds. The first kappa shape index (κ1) is 13.6. The normalized spacial score (nSPS) is 25.4. The van der Waals surface area contributed by atoms with E-state index in [1.807, 2.05) is 10.7 Å². The third-order valence-electron chi connectivity index (χ3n) is 4.36. The Morgan fingerprint density at radius 3 is 3.15 bits per heavy atom. The van der Waals surface area contributed by atoms with E-state index in [9.17, 15) is 4.79 Å². The highest BCUT2D eigenvalue weighted by Crippen LogP contribution is 2.25. The van der Waals surface area contributed by atoms with Gasteiger partial charge in [-0.15, -0.1) is 0 Å². The average Bonchev–Trinajstić information content (AvgIpc) is 3.05. The van der Waals surface area contributed by atoms with Crippen molar-refractivity contribution in [2.45, 2.75) is 57.5 Å². The van der Waals surface area contributed by atoms with Crippen molar-refractivity contribution in [3.8, 4) is 0 Å². The number of hydrogen-bond donors (Lipinski definition) is 1. The first-order valence-corrected chi connectivity index (χ1v) is 7.69. The Kier molecular flexibility index (Phi) is 3.78. The Morgan fingerprint density at radius 2 is 2.45 bits per heavy atom. The molecule has 1 saturated heterocycles. The Labute approximate surface area is 119 Å². The minimum Gasteiger partial charge on any atom is -0.379 e. The Bertz CT molecular complexity index is 466. The van der Waals surface area contributed by atoms with E-state index in [0.717, 1.165) is 45.3 Å². The van der Waals surface area contributed by atoms with Crippen LogP contribution in [0.1, 0.15) is 55.2 Å². The lowest BCUT2D eigenvalue weighted by Gasteiger charge is -2.27. The molecule has 2 aliphatic heterocycles. The molecular formula is C15H23N3O2. The van der Waals surface area contributed by atoms with Crippen LogP contribution in [-0.4, -0.2) is 34.4 Å². The maximum absolute atomic E-state index is 12.5. The lowest BCUT2D eigenvalue weighted by molar-refractivity contribution is 0.0864. The summed E-state index contributed by atoms with van der Waals surface area (Å²) in [4.78, 5) is 12.5. The van der Waals surface area contributed by atoms with Crippen molar-refractivity contribution >= 4 is 5.91 Å². The van der Waals surface area contributed by atoms with E-state index < -0.39 is 0 Å². The van der Waals surface area contributed by atoms with Gasteiger partial charge in [0.2, 0.25) is 0 Å². The first-order valence-electron chi connectivity index (χ1n) is 7.69. The molecule has 5 heteroatoms. The van der Waals surface area contributed by atoms with Gasteiger partial charge in [-0.2, -0.15) is 5.10 Å². The second kappa shape index (κ2) is 5.56. The van der Waals surface area contributed by atoms with Crippen LogP contribution in [0.3, 0.4) is 0 Å². The lowest BCUT2D eigenvalue weighted by Crippen LogP contribution is -2.49. The van der Waals surface area contributed by atoms with Gasteiger partial charge in [0.1, 0.15) is 5.69 Å². The van der Waals surface area contributed by atoms with E-state index in [0.29, 0.717) is 12.3 Å². The molecule has 1 N–H and O–H groups in total. The van der Waals surface area contributed by atoms with E-state index in [1.165, 1.54) is 12.1 Å². The van der Waals surface area contributed by atoms with E-state index in [2.05, 4.69) is 17.3 Å². The van der Waals surface area contributed by atoms with Crippen molar-refractivity contribution < 1.29 is 9.53 Å². The molecule has 0 spiro atoms. The summed E-state index contributed by atoms with van der Waals surface area (Å²) < 4.78 is 7.47. The molecule has 20 heavy (non-hydrogen) atoms. The molecule has 3 heterocycles. The molecule has 1 aromatic heterocycles. The van der Waals surface area contributed by atoms with Crippen LogP contribution in [-0.2, 0) is 17.7 Å². The molecule has 110 valence electrons. The summed E-state index contributed by atoms with van der Waals surface area (Å²) in [6.45, 7) is 4.44. The predicted molar refractivity (Wildman–Crippen MR) is 75.7 cm³/mol. The van der Waals surface area contributed by atoms with Crippen LogP contribution in [0, 0.1) is 0 Å². The molecule has 1 fully saturated rings. The minimum absolute atomic E-state index is 0.0501. The highest BCUT2D eigenvalue weighted by molar-refractivity contribution is 5.93. The van der Waals surface area contributed by atoms with Crippen LogP contribution in [0.15, 0.2) is 6.07 Å². The van der Waals surface area contributed by atoms with Gasteiger partial charge in [-0.25, -0.2) is 0 Å². The van der Waals surface area contributed by atoms with Crippen molar-refractivity contribution in [1.29, 1.82) is 0 Å². The molecule has 0 aliphatic carbocycles. The van der Waals surface area contributed by atoms with Crippen LogP contribution >= 0.6 is 0 Å². The van der Waals surface area contributed by atoms with Crippen LogP contribution in [0.4, 0.5) is 0 Å². The maximum Gasteiger partial charge on any atom is 0.272 e. The number of ether oxygens (including phenoxy) is 1. The summed E-state index contributed by atoms with van der Waals surface area (Å²) in [5, 5.41) is 7.63. The summed E-state index contributed by atoms with van der Waals surface area (Å²) >= 11 is 0. The second-order valence-electron chi connectivity index (χ2n) is 5.99. The topological polar surface area (TPSA) is 56.2 Å². The quantitative estimate of drug-likeness (QED) is 0.914. The number of hydrogen-bond acceptors (Lipinski definition) is 3. The van der Waals surface area contributed by atoms with E-state index in [-0.39, 0.29) is 11.4 Å². The first-order chi connectivity index (χ1) is 9.72. The van der Waals surface area contributed by atoms with Crippen molar-refractivity contribution in [1.82, 2.24) is 15.1 Å². The zero-order chi connectivity index (χ0) is 14.0. The number of carbonyl (C=O) groups is 1. The molecule has 0 bridgehead atoms. The fourth-order valence-electron chi connectivity index (χ4n) is 3.28. The van der Waals surface area contributed by atoms with E-state index in [1.54, 1.807) is 0 Å². The molecule has 1 atom stereocenters. The number of nitrogens with one attached hydrogen (secondary N) is 1. The van der Waals surface area contributed by atoms with Crippen molar-refractivity contribution in [3.63, 3.8) is 0 Å². The average molecular weight is 277 g/mol. The summed E-state index contributed by atoms with van der Waals surface area (Å²) in [7, 11) is 0. The molecule has 0 aromatic carbocycles. The third-order valence-corrected chi connectivity index (χ3v) is 4.36. The number of nitrogens with zero attached hydrogens (tertiary/aromatic N) is 2. The number of aryl methyl sites for hydroxylation is 2. The van der Waals surface area contributed by atoms with Crippen molar-refractivity contribution in [2.24, 2.45) is 0 Å². The van der Waals surface area contributed by atoms with Gasteiger partial charge in [-0.1, -0.05) is 13.3 Å². The van der Waals surface area contributed by atoms with Gasteiger partial charge in [0.25, 0.3) is 5.91 Å². The Hall–Kier alpha value is -1.36. The zero-order valence-electron chi connectivity index (χ0n) is 12.2. The van der Waals surface area contributed by atoms with Gasteiger partial charge in [0.15, 0.2) is 0 Å². The van der Waals surface area contributed by atoms with Crippen molar-refractivity contribution in [2.75, 3.05) is 13.2 Å². The third kappa shape index (κ3) is 2.59. The van der Waals surface area contributed by atoms with Crippen molar-refractivity contribution in [3.05, 3.63) is 17.5 Å². The van der Waals surface area contributed by atoms with Gasteiger partial charge in [-0.05, 0) is 38.2 Å². The summed E-state index contributed by atoms with van der Waals surface area (Å²) in [6, 6.07) is 1.95. The van der Waals surface area contributed by atoms with E-state index in [4.69, 9.17) is 4.74 Å². The van der Waals surface area contributed by atoms with Gasteiger partial charge >= 0.3 is 0 Å². The number of carbonyl (C=O) groups excluding carboxylic acids is 1. The fraction of sp³-hybridized carbons (Fsp3) is 0.733. The molecule has 1 aromatic rings. The largest absolute Gasteiger partial charge is 0.379 e. The SMILES string of the molecule is CCCC1(NC(=O)c2cc3n(n2)CCCC3)CCOC1. The van der Waals surface area contributed by atoms with E-state index >= 15 is 0 Å². The smallest absolute Gasteiger partial charge is 0.272 e. The second-order valence-corrected chi connectivity index (χ2v) is 5.99. The highest BCUT2D eigenvalue weighted by atomic mass is 16.5. The van der Waals surface area contributed by atoms with Gasteiger partial charge in [0.05, 0.1) is 12.1 Å². The standard InChI is InChI=1S/C15H23N3O2/c1-2-6-15(7-9-20-11-15)16-14(19)13-10-12-5-3-4-8-18(12)17-13/h10H,2-9,11H2,1H3,(H,16,19). The molecule has 1 unspecified atom stereocenters. The fourth-order valence-corrected chi connectivity index (χ4v) is 3.28. The monoisotopic (exact) mass is 277 g/mol. The minimum atomic E-state index is -0.185. The zero-order valence-corrected chi connectivity index (χ0v) is 12.2. The molecule has 3 rings (SSSR count). The highest BCUT2D eigenvalue weighted by Gasteiger charge is 2.36. The number of aromatic nitrogens is 2. The molecule has 5 nitrogen and oxygen atoms in total. The number of fused-ring (bicyclic) bond motifs is 1. The Morgan fingerprint density at radius 1 is 1.55 bits per heavy atom. The summed E-state index contributed by atoms with van der Waals surface area (Å²) in [5.74, 6) is -0.0501. The molecule has 0 radical (unpaired) electrons. The van der Waals surface area contributed by atoms with Gasteiger partial charge < -0.3 is 10.1 Å². The van der Waals surface area contributed by atoms with Gasteiger partial charge in [0, 0.05) is 18.8 Å². The summed E-state index contributed by atoms with van der Waals surface area (Å²) in [5.41, 5.74) is 1.56. The molecular weight excluding hydrogens is 254 g/mol.